The number of nitrogens with one attached hydrogen (secondary N) is 2. The van der Waals surface area contributed by atoms with Gasteiger partial charge in [0, 0.05) is 26.6 Å². The van der Waals surface area contributed by atoms with Crippen LogP contribution in [0.3, 0.4) is 0 Å². The first-order valence-electron chi connectivity index (χ1n) is 14.0. The predicted molar refractivity (Wildman–Crippen MR) is 163 cm³/mol. The summed E-state index contributed by atoms with van der Waals surface area (Å²) < 4.78 is 10.9. The molecule has 0 aliphatic heterocycles. The van der Waals surface area contributed by atoms with Crippen molar-refractivity contribution in [2.75, 3.05) is 18.9 Å². The normalized spacial score (nSPS) is 12.0. The fourth-order valence-electron chi connectivity index (χ4n) is 4.61. The number of alkyl carbamates (subject to hydrolysis) is 1. The predicted octanol–water partition coefficient (Wildman–Crippen LogP) is 5.25. The lowest BCUT2D eigenvalue weighted by atomic mass is 10.0. The molecule has 0 radical (unpaired) electrons. The highest BCUT2D eigenvalue weighted by molar-refractivity contribution is 5.85. The number of hydrogen-bond donors (Lipinski definition) is 2. The highest BCUT2D eigenvalue weighted by Gasteiger charge is 2.25. The van der Waals surface area contributed by atoms with Gasteiger partial charge in [-0.2, -0.15) is 4.98 Å². The Morgan fingerprint density at radius 2 is 1.62 bits per heavy atom. The zero-order valence-electron chi connectivity index (χ0n) is 24.8. The van der Waals surface area contributed by atoms with Crippen molar-refractivity contribution in [3.05, 3.63) is 105 Å². The van der Waals surface area contributed by atoms with E-state index < -0.39 is 23.4 Å². The van der Waals surface area contributed by atoms with Crippen LogP contribution in [-0.4, -0.2) is 47.1 Å². The minimum Gasteiger partial charge on any atom is -0.444 e. The summed E-state index contributed by atoms with van der Waals surface area (Å²) >= 11 is 0. The van der Waals surface area contributed by atoms with Crippen molar-refractivity contribution in [1.29, 1.82) is 0 Å². The average Bonchev–Trinajstić information content (AvgIpc) is 2.95. The molecule has 2 amide bonds. The highest BCUT2D eigenvalue weighted by atomic mass is 16.6. The minimum atomic E-state index is -0.709. The van der Waals surface area contributed by atoms with Gasteiger partial charge in [0.1, 0.15) is 11.6 Å². The molecule has 0 fully saturated rings. The Balaban J connectivity index is 1.54. The number of benzene rings is 3. The molecular weight excluding hydrogens is 532 g/mol. The number of rotatable bonds is 10. The van der Waals surface area contributed by atoms with Gasteiger partial charge in [-0.15, -0.1) is 0 Å². The molecule has 0 bridgehead atoms. The molecule has 0 saturated carbocycles. The smallest absolute Gasteiger partial charge is 0.407 e. The summed E-state index contributed by atoms with van der Waals surface area (Å²) in [7, 11) is 1.77. The second-order valence-electron chi connectivity index (χ2n) is 11.3. The number of aryl methyl sites for hydroxylation is 1. The van der Waals surface area contributed by atoms with E-state index >= 15 is 0 Å². The Labute approximate surface area is 245 Å². The first-order valence-corrected chi connectivity index (χ1v) is 14.0. The molecule has 0 saturated heterocycles. The Kier molecular flexibility index (Phi) is 9.62. The highest BCUT2D eigenvalue weighted by Crippen LogP contribution is 2.21. The Morgan fingerprint density at radius 3 is 2.26 bits per heavy atom. The quantitative estimate of drug-likeness (QED) is 0.268. The largest absolute Gasteiger partial charge is 0.444 e. The molecule has 220 valence electrons. The van der Waals surface area contributed by atoms with E-state index in [1.807, 2.05) is 60.7 Å². The molecule has 1 heterocycles. The van der Waals surface area contributed by atoms with E-state index in [-0.39, 0.29) is 18.5 Å². The maximum atomic E-state index is 13.6. The summed E-state index contributed by atoms with van der Waals surface area (Å²) in [6.45, 7) is 7.86. The number of hydrogen-bond acceptors (Lipinski definition) is 7. The van der Waals surface area contributed by atoms with E-state index in [1.165, 1.54) is 0 Å². The number of carbonyl (C=O) groups excluding carboxylic acids is 2. The van der Waals surface area contributed by atoms with Crippen molar-refractivity contribution in [2.24, 2.45) is 0 Å². The van der Waals surface area contributed by atoms with Crippen LogP contribution in [0.15, 0.2) is 82.0 Å². The van der Waals surface area contributed by atoms with Crippen LogP contribution in [0.25, 0.3) is 10.9 Å². The van der Waals surface area contributed by atoms with Gasteiger partial charge < -0.3 is 24.7 Å². The molecule has 0 aliphatic carbocycles. The number of ether oxygens (including phenoxy) is 1. The van der Waals surface area contributed by atoms with Gasteiger partial charge in [-0.1, -0.05) is 66.7 Å². The van der Waals surface area contributed by atoms with Crippen LogP contribution in [0.1, 0.15) is 43.0 Å². The number of likely N-dealkylation sites (N-methyl/N-ethyl adjacent to an activating group) is 1. The third-order valence-corrected chi connectivity index (χ3v) is 6.83. The summed E-state index contributed by atoms with van der Waals surface area (Å²) in [6.07, 6.45) is 0.552. The van der Waals surface area contributed by atoms with Crippen molar-refractivity contribution >= 4 is 28.9 Å². The van der Waals surface area contributed by atoms with Crippen LogP contribution in [0.5, 0.6) is 0 Å². The van der Waals surface area contributed by atoms with Gasteiger partial charge in [-0.25, -0.2) is 9.59 Å². The van der Waals surface area contributed by atoms with E-state index in [0.717, 1.165) is 23.1 Å². The van der Waals surface area contributed by atoms with Gasteiger partial charge in [0.25, 0.3) is 6.01 Å². The second-order valence-corrected chi connectivity index (χ2v) is 11.3. The second kappa shape index (κ2) is 13.3. The minimum absolute atomic E-state index is 0.0303. The van der Waals surface area contributed by atoms with E-state index in [0.29, 0.717) is 29.4 Å². The van der Waals surface area contributed by atoms with Crippen molar-refractivity contribution in [3.8, 4) is 0 Å². The molecule has 42 heavy (non-hydrogen) atoms. The molecule has 0 aliphatic rings. The molecule has 9 nitrogen and oxygen atoms in total. The zero-order chi connectivity index (χ0) is 30.3. The summed E-state index contributed by atoms with van der Waals surface area (Å²) in [6, 6.07) is 22.4. The number of aromatic nitrogens is 1. The molecule has 1 atom stereocenters. The fraction of sp³-hybridized carbons (Fsp3) is 0.333. The zero-order valence-corrected chi connectivity index (χ0v) is 24.8. The summed E-state index contributed by atoms with van der Waals surface area (Å²) in [5.74, 6) is -0.140. The molecule has 1 aromatic heterocycles. The molecule has 9 heteroatoms. The lowest BCUT2D eigenvalue weighted by Crippen LogP contribution is -2.43. The summed E-state index contributed by atoms with van der Waals surface area (Å²) in [5, 5.41) is 6.12. The lowest BCUT2D eigenvalue weighted by molar-refractivity contribution is -0.130. The number of fused-ring (bicyclic) bond motifs is 1. The van der Waals surface area contributed by atoms with Crippen molar-refractivity contribution < 1.29 is 18.7 Å². The van der Waals surface area contributed by atoms with E-state index in [9.17, 15) is 14.4 Å². The molecule has 2 N–H and O–H groups in total. The number of amides is 2. The lowest BCUT2D eigenvalue weighted by Gasteiger charge is -2.25. The monoisotopic (exact) mass is 570 g/mol. The number of anilines is 1. The van der Waals surface area contributed by atoms with E-state index in [2.05, 4.69) is 15.6 Å². The first-order chi connectivity index (χ1) is 20.0. The van der Waals surface area contributed by atoms with Gasteiger partial charge in [-0.05, 0) is 62.4 Å². The van der Waals surface area contributed by atoms with Crippen LogP contribution in [0.4, 0.5) is 10.8 Å². The molecule has 1 unspecified atom stereocenters. The molecule has 4 rings (SSSR count). The average molecular weight is 571 g/mol. The van der Waals surface area contributed by atoms with Crippen LogP contribution < -0.4 is 16.3 Å². The van der Waals surface area contributed by atoms with Gasteiger partial charge >= 0.3 is 11.7 Å². The van der Waals surface area contributed by atoms with Crippen LogP contribution >= 0.6 is 0 Å². The maximum absolute atomic E-state index is 13.6. The topological polar surface area (TPSA) is 114 Å². The third-order valence-electron chi connectivity index (χ3n) is 6.83. The standard InChI is InChI=1S/C33H38N4O5/c1-22-25(21-34-32(40)42-33(2,3)4)16-17-26-28(22)30(39)41-31(35-26)36-27(20-24-14-10-7-11-15-24)29(38)37(5)19-18-23-12-8-6-9-13-23/h6-17,27H,18-21H2,1-5H3,(H,34,40)(H,35,36). The van der Waals surface area contributed by atoms with E-state index in [1.54, 1.807) is 51.8 Å². The molecular formula is C33H38N4O5. The Bertz CT molecular complexity index is 1580. The van der Waals surface area contributed by atoms with Crippen LogP contribution in [-0.2, 0) is 28.9 Å². The van der Waals surface area contributed by atoms with Crippen LogP contribution in [0.2, 0.25) is 0 Å². The summed E-state index contributed by atoms with van der Waals surface area (Å²) in [4.78, 5) is 45.1. The van der Waals surface area contributed by atoms with E-state index in [4.69, 9.17) is 9.15 Å². The van der Waals surface area contributed by atoms with Gasteiger partial charge in [0.15, 0.2) is 0 Å². The van der Waals surface area contributed by atoms with Gasteiger partial charge in [0.05, 0.1) is 10.9 Å². The summed E-state index contributed by atoms with van der Waals surface area (Å²) in [5.41, 5.74) is 2.71. The Morgan fingerprint density at radius 1 is 0.976 bits per heavy atom. The number of nitrogens with zero attached hydrogens (tertiary/aromatic N) is 2. The van der Waals surface area contributed by atoms with Crippen molar-refractivity contribution in [3.63, 3.8) is 0 Å². The fourth-order valence-corrected chi connectivity index (χ4v) is 4.61. The van der Waals surface area contributed by atoms with Gasteiger partial charge in [-0.3, -0.25) is 4.79 Å². The van der Waals surface area contributed by atoms with Crippen molar-refractivity contribution in [1.82, 2.24) is 15.2 Å². The first kappa shape index (κ1) is 30.3. The van der Waals surface area contributed by atoms with Gasteiger partial charge in [0.2, 0.25) is 5.91 Å². The van der Waals surface area contributed by atoms with Crippen molar-refractivity contribution in [2.45, 2.75) is 58.7 Å². The molecule has 3 aromatic carbocycles. The maximum Gasteiger partial charge on any atom is 0.407 e. The number of carbonyl (C=O) groups is 2. The van der Waals surface area contributed by atoms with Crippen LogP contribution in [0, 0.1) is 6.92 Å². The molecule has 4 aromatic rings. The third kappa shape index (κ3) is 8.19. The SMILES string of the molecule is Cc1c(CNC(=O)OC(C)(C)C)ccc2nc(NC(Cc3ccccc3)C(=O)N(C)CCc3ccccc3)oc(=O)c12. The Hall–Kier alpha value is -4.66. The molecule has 0 spiro atoms.